The molecular weight excluding hydrogens is 247 g/mol. The van der Waals surface area contributed by atoms with Gasteiger partial charge in [0.2, 0.25) is 0 Å². The summed E-state index contributed by atoms with van der Waals surface area (Å²) in [4.78, 5) is 11.8. The van der Waals surface area contributed by atoms with Gasteiger partial charge in [0.15, 0.2) is 5.78 Å². The third kappa shape index (κ3) is 2.62. The summed E-state index contributed by atoms with van der Waals surface area (Å²) >= 11 is 11.5. The topological polar surface area (TPSA) is 34.9 Å². The molecule has 0 atom stereocenters. The van der Waals surface area contributed by atoms with E-state index in [1.54, 1.807) is 30.5 Å². The quantitative estimate of drug-likeness (QED) is 0.790. The monoisotopic (exact) mass is 254 g/mol. The van der Waals surface area contributed by atoms with Gasteiger partial charge in [0.1, 0.15) is 6.54 Å². The Hall–Kier alpha value is -1.32. The molecule has 0 radical (unpaired) electrons. The van der Waals surface area contributed by atoms with Crippen LogP contribution in [0.15, 0.2) is 36.7 Å². The number of aromatic nitrogens is 2. The molecule has 1 heterocycles. The van der Waals surface area contributed by atoms with E-state index in [2.05, 4.69) is 5.10 Å². The maximum Gasteiger partial charge on any atom is 0.184 e. The number of carbonyl (C=O) groups excluding carboxylic acids is 1. The lowest BCUT2D eigenvalue weighted by atomic mass is 10.1. The first kappa shape index (κ1) is 11.2. The Morgan fingerprint density at radius 3 is 2.75 bits per heavy atom. The number of ketones is 1. The van der Waals surface area contributed by atoms with Crippen LogP contribution >= 0.6 is 23.2 Å². The van der Waals surface area contributed by atoms with E-state index in [0.29, 0.717) is 15.6 Å². The molecule has 3 nitrogen and oxygen atoms in total. The van der Waals surface area contributed by atoms with E-state index in [0.717, 1.165) is 0 Å². The average Bonchev–Trinajstić information content (AvgIpc) is 2.64. The maximum atomic E-state index is 11.8. The van der Waals surface area contributed by atoms with E-state index < -0.39 is 0 Å². The second-order valence-corrected chi connectivity index (χ2v) is 4.16. The van der Waals surface area contributed by atoms with Crippen LogP contribution in [0.1, 0.15) is 10.4 Å². The number of benzene rings is 1. The van der Waals surface area contributed by atoms with Crippen LogP contribution in [-0.2, 0) is 6.54 Å². The minimum absolute atomic E-state index is 0.0535. The summed E-state index contributed by atoms with van der Waals surface area (Å²) in [5, 5.41) is 4.99. The first-order valence-corrected chi connectivity index (χ1v) is 5.37. The van der Waals surface area contributed by atoms with Crippen molar-refractivity contribution in [3.05, 3.63) is 52.3 Å². The van der Waals surface area contributed by atoms with Gasteiger partial charge in [-0.2, -0.15) is 5.10 Å². The van der Waals surface area contributed by atoms with Crippen LogP contribution in [-0.4, -0.2) is 15.6 Å². The summed E-state index contributed by atoms with van der Waals surface area (Å²) in [6.07, 6.45) is 3.09. The molecule has 0 spiro atoms. The SMILES string of the molecule is O=C(Cn1cc(Cl)cn1)c1cccc(Cl)c1. The number of hydrogen-bond acceptors (Lipinski definition) is 2. The molecule has 0 aliphatic carbocycles. The van der Waals surface area contributed by atoms with Crippen molar-refractivity contribution in [2.24, 2.45) is 0 Å². The molecule has 5 heteroatoms. The van der Waals surface area contributed by atoms with Crippen LogP contribution in [0, 0.1) is 0 Å². The highest BCUT2D eigenvalue weighted by Gasteiger charge is 2.07. The van der Waals surface area contributed by atoms with Crippen molar-refractivity contribution in [2.45, 2.75) is 6.54 Å². The molecule has 2 aromatic rings. The molecule has 0 fully saturated rings. The summed E-state index contributed by atoms with van der Waals surface area (Å²) in [5.74, 6) is -0.0535. The predicted molar refractivity (Wildman–Crippen MR) is 63.0 cm³/mol. The van der Waals surface area contributed by atoms with Gasteiger partial charge in [-0.1, -0.05) is 35.3 Å². The first-order valence-electron chi connectivity index (χ1n) is 4.62. The molecule has 0 saturated heterocycles. The van der Waals surface area contributed by atoms with E-state index in [9.17, 15) is 4.79 Å². The molecule has 0 saturated carbocycles. The van der Waals surface area contributed by atoms with E-state index in [1.165, 1.54) is 10.9 Å². The zero-order valence-corrected chi connectivity index (χ0v) is 9.74. The number of Topliss-reactive ketones (excluding diaryl/α,β-unsaturated/α-hetero) is 1. The molecule has 0 bridgehead atoms. The van der Waals surface area contributed by atoms with Crippen molar-refractivity contribution in [1.82, 2.24) is 9.78 Å². The van der Waals surface area contributed by atoms with Crippen molar-refractivity contribution in [2.75, 3.05) is 0 Å². The molecule has 0 aliphatic heterocycles. The largest absolute Gasteiger partial charge is 0.292 e. The summed E-state index contributed by atoms with van der Waals surface area (Å²) < 4.78 is 1.49. The fraction of sp³-hybridized carbons (Fsp3) is 0.0909. The molecule has 0 N–H and O–H groups in total. The predicted octanol–water partition coefficient (Wildman–Crippen LogP) is 3.07. The van der Waals surface area contributed by atoms with Crippen LogP contribution in [0.3, 0.4) is 0 Å². The van der Waals surface area contributed by atoms with Crippen LogP contribution in [0.5, 0.6) is 0 Å². The fourth-order valence-electron chi connectivity index (χ4n) is 1.33. The Kier molecular flexibility index (Phi) is 3.27. The lowest BCUT2D eigenvalue weighted by Gasteiger charge is -2.01. The standard InChI is InChI=1S/C11H8Cl2N2O/c12-9-3-1-2-8(4-9)11(16)7-15-6-10(13)5-14-15/h1-6H,7H2. The highest BCUT2D eigenvalue weighted by molar-refractivity contribution is 6.31. The molecular formula is C11H8Cl2N2O. The minimum atomic E-state index is -0.0535. The van der Waals surface area contributed by atoms with Crippen LogP contribution in [0.25, 0.3) is 0 Å². The summed E-state index contributed by atoms with van der Waals surface area (Å²) in [6.45, 7) is 0.160. The maximum absolute atomic E-state index is 11.8. The highest BCUT2D eigenvalue weighted by Crippen LogP contribution is 2.12. The summed E-state index contributed by atoms with van der Waals surface area (Å²) in [6, 6.07) is 6.82. The van der Waals surface area contributed by atoms with Gasteiger partial charge in [-0.3, -0.25) is 9.48 Å². The fourth-order valence-corrected chi connectivity index (χ4v) is 1.67. The Labute approximate surface area is 103 Å². The Bertz CT molecular complexity index is 522. The van der Waals surface area contributed by atoms with Crippen LogP contribution < -0.4 is 0 Å². The molecule has 1 aromatic carbocycles. The molecule has 0 amide bonds. The number of nitrogens with zero attached hydrogens (tertiary/aromatic N) is 2. The van der Waals surface area contributed by atoms with E-state index >= 15 is 0 Å². The molecule has 16 heavy (non-hydrogen) atoms. The number of carbonyl (C=O) groups is 1. The van der Waals surface area contributed by atoms with Gasteiger partial charge in [-0.15, -0.1) is 0 Å². The first-order chi connectivity index (χ1) is 7.65. The number of halogens is 2. The summed E-state index contributed by atoms with van der Waals surface area (Å²) in [7, 11) is 0. The van der Waals surface area contributed by atoms with Gasteiger partial charge < -0.3 is 0 Å². The molecule has 2 rings (SSSR count). The number of rotatable bonds is 3. The normalized spacial score (nSPS) is 10.4. The molecule has 82 valence electrons. The van der Waals surface area contributed by atoms with Crippen molar-refractivity contribution in [3.8, 4) is 0 Å². The minimum Gasteiger partial charge on any atom is -0.292 e. The Morgan fingerprint density at radius 2 is 2.12 bits per heavy atom. The third-order valence-corrected chi connectivity index (χ3v) is 2.48. The second kappa shape index (κ2) is 4.68. The van der Waals surface area contributed by atoms with Crippen LogP contribution in [0.4, 0.5) is 0 Å². The second-order valence-electron chi connectivity index (χ2n) is 3.29. The average molecular weight is 255 g/mol. The lowest BCUT2D eigenvalue weighted by molar-refractivity contribution is 0.0967. The van der Waals surface area contributed by atoms with Crippen molar-refractivity contribution in [3.63, 3.8) is 0 Å². The van der Waals surface area contributed by atoms with Gasteiger partial charge in [-0.25, -0.2) is 0 Å². The smallest absolute Gasteiger partial charge is 0.184 e. The van der Waals surface area contributed by atoms with Gasteiger partial charge >= 0.3 is 0 Å². The van der Waals surface area contributed by atoms with Gasteiger partial charge in [0.25, 0.3) is 0 Å². The van der Waals surface area contributed by atoms with Gasteiger partial charge in [0.05, 0.1) is 11.2 Å². The zero-order valence-electron chi connectivity index (χ0n) is 8.23. The lowest BCUT2D eigenvalue weighted by Crippen LogP contribution is -2.10. The third-order valence-electron chi connectivity index (χ3n) is 2.05. The summed E-state index contributed by atoms with van der Waals surface area (Å²) in [5.41, 5.74) is 0.569. The Balaban J connectivity index is 2.14. The Morgan fingerprint density at radius 1 is 1.31 bits per heavy atom. The van der Waals surface area contributed by atoms with E-state index in [1.807, 2.05) is 0 Å². The molecule has 0 unspecified atom stereocenters. The van der Waals surface area contributed by atoms with E-state index in [-0.39, 0.29) is 12.3 Å². The van der Waals surface area contributed by atoms with E-state index in [4.69, 9.17) is 23.2 Å². The molecule has 0 aliphatic rings. The van der Waals surface area contributed by atoms with Crippen molar-refractivity contribution in [1.29, 1.82) is 0 Å². The van der Waals surface area contributed by atoms with Crippen molar-refractivity contribution >= 4 is 29.0 Å². The van der Waals surface area contributed by atoms with Gasteiger partial charge in [0, 0.05) is 16.8 Å². The zero-order chi connectivity index (χ0) is 11.5. The van der Waals surface area contributed by atoms with Crippen molar-refractivity contribution < 1.29 is 4.79 Å². The van der Waals surface area contributed by atoms with Crippen LogP contribution in [0.2, 0.25) is 10.0 Å². The number of hydrogen-bond donors (Lipinski definition) is 0. The van der Waals surface area contributed by atoms with Gasteiger partial charge in [-0.05, 0) is 12.1 Å². The highest BCUT2D eigenvalue weighted by atomic mass is 35.5. The molecule has 1 aromatic heterocycles.